The SMILES string of the molecule is Br.CN(C(=O)c1ccc(Cl)c(Cl)c1)c1ccc(Oc2ccc3c(c2)cc(C(=O)N2CCN(Cc4ccc5c(c4)OCO5)CC2)n3C)nc1. The average molecular weight is 753 g/mol. The van der Waals surface area contributed by atoms with Crippen molar-refractivity contribution in [2.75, 3.05) is 44.9 Å². The largest absolute Gasteiger partial charge is 0.454 e. The van der Waals surface area contributed by atoms with E-state index in [0.717, 1.165) is 47.6 Å². The Morgan fingerprint density at radius 1 is 0.896 bits per heavy atom. The Kier molecular flexibility index (Phi) is 9.84. The molecule has 2 aliphatic rings. The van der Waals surface area contributed by atoms with Crippen molar-refractivity contribution in [3.63, 3.8) is 0 Å². The van der Waals surface area contributed by atoms with Gasteiger partial charge in [-0.2, -0.15) is 0 Å². The van der Waals surface area contributed by atoms with Crippen LogP contribution in [-0.4, -0.2) is 71.2 Å². The van der Waals surface area contributed by atoms with Crippen molar-refractivity contribution >= 4 is 68.6 Å². The Morgan fingerprint density at radius 3 is 2.44 bits per heavy atom. The van der Waals surface area contributed by atoms with Crippen LogP contribution in [0.5, 0.6) is 23.1 Å². The van der Waals surface area contributed by atoms with Crippen molar-refractivity contribution in [1.29, 1.82) is 0 Å². The van der Waals surface area contributed by atoms with E-state index in [1.54, 1.807) is 37.5 Å². The highest BCUT2D eigenvalue weighted by molar-refractivity contribution is 8.93. The number of pyridine rings is 1. The second kappa shape index (κ2) is 14.1. The fourth-order valence-electron chi connectivity index (χ4n) is 5.86. The zero-order valence-corrected chi connectivity index (χ0v) is 29.4. The fourth-order valence-corrected chi connectivity index (χ4v) is 6.15. The maximum Gasteiger partial charge on any atom is 0.270 e. The van der Waals surface area contributed by atoms with E-state index in [-0.39, 0.29) is 35.6 Å². The third-order valence-corrected chi connectivity index (χ3v) is 9.28. The van der Waals surface area contributed by atoms with Crippen LogP contribution in [0.2, 0.25) is 10.0 Å². The summed E-state index contributed by atoms with van der Waals surface area (Å²) in [7, 11) is 3.56. The topological polar surface area (TPSA) is 89.4 Å². The Balaban J connectivity index is 0.00000401. The van der Waals surface area contributed by atoms with Gasteiger partial charge in [0.05, 0.1) is 21.9 Å². The average Bonchev–Trinajstić information content (AvgIpc) is 3.69. The number of nitrogens with zero attached hydrogens (tertiary/aromatic N) is 5. The van der Waals surface area contributed by atoms with Gasteiger partial charge in [-0.05, 0) is 66.2 Å². The van der Waals surface area contributed by atoms with Gasteiger partial charge in [0, 0.05) is 69.4 Å². The number of halogens is 3. The molecule has 5 aromatic rings. The fraction of sp³-hybridized carbons (Fsp3) is 0.229. The highest BCUT2D eigenvalue weighted by Crippen LogP contribution is 2.33. The molecule has 0 bridgehead atoms. The molecule has 0 saturated carbocycles. The molecule has 4 heterocycles. The number of piperazine rings is 1. The summed E-state index contributed by atoms with van der Waals surface area (Å²) in [6, 6.07) is 21.8. The van der Waals surface area contributed by atoms with Gasteiger partial charge in [0.2, 0.25) is 12.7 Å². The van der Waals surface area contributed by atoms with Gasteiger partial charge in [-0.3, -0.25) is 14.5 Å². The van der Waals surface area contributed by atoms with Crippen LogP contribution in [0.1, 0.15) is 26.4 Å². The van der Waals surface area contributed by atoms with E-state index in [9.17, 15) is 9.59 Å². The van der Waals surface area contributed by atoms with E-state index in [1.807, 2.05) is 52.9 Å². The van der Waals surface area contributed by atoms with Gasteiger partial charge in [0.15, 0.2) is 11.5 Å². The number of carbonyl (C=O) groups is 2. The molecule has 48 heavy (non-hydrogen) atoms. The first kappa shape index (κ1) is 33.6. The molecule has 2 aliphatic heterocycles. The maximum absolute atomic E-state index is 13.6. The van der Waals surface area contributed by atoms with Crippen LogP contribution < -0.4 is 19.1 Å². The van der Waals surface area contributed by atoms with E-state index in [2.05, 4.69) is 16.0 Å². The summed E-state index contributed by atoms with van der Waals surface area (Å²) in [6.45, 7) is 3.92. The molecule has 7 rings (SSSR count). The van der Waals surface area contributed by atoms with Crippen molar-refractivity contribution in [2.24, 2.45) is 7.05 Å². The molecule has 10 nitrogen and oxygen atoms in total. The third kappa shape index (κ3) is 6.82. The highest BCUT2D eigenvalue weighted by atomic mass is 79.9. The van der Waals surface area contributed by atoms with E-state index in [1.165, 1.54) is 11.0 Å². The van der Waals surface area contributed by atoms with E-state index < -0.39 is 0 Å². The minimum Gasteiger partial charge on any atom is -0.454 e. The summed E-state index contributed by atoms with van der Waals surface area (Å²) < 4.78 is 18.9. The Bertz CT molecular complexity index is 2000. The molecule has 0 atom stereocenters. The molecule has 0 unspecified atom stereocenters. The summed E-state index contributed by atoms with van der Waals surface area (Å²) in [6.07, 6.45) is 1.57. The third-order valence-electron chi connectivity index (χ3n) is 8.54. The lowest BCUT2D eigenvalue weighted by molar-refractivity contribution is 0.0619. The number of carbonyl (C=O) groups excluding carboxylic acids is 2. The van der Waals surface area contributed by atoms with Crippen LogP contribution >= 0.6 is 40.2 Å². The van der Waals surface area contributed by atoms with Gasteiger partial charge in [0.25, 0.3) is 11.8 Å². The predicted molar refractivity (Wildman–Crippen MR) is 190 cm³/mol. The van der Waals surface area contributed by atoms with Gasteiger partial charge >= 0.3 is 0 Å². The lowest BCUT2D eigenvalue weighted by Crippen LogP contribution is -2.48. The molecule has 0 radical (unpaired) electrons. The van der Waals surface area contributed by atoms with Gasteiger partial charge in [-0.1, -0.05) is 29.3 Å². The van der Waals surface area contributed by atoms with Crippen LogP contribution in [0, 0.1) is 0 Å². The van der Waals surface area contributed by atoms with Crippen molar-refractivity contribution in [2.45, 2.75) is 6.54 Å². The normalized spacial score (nSPS) is 14.1. The number of fused-ring (bicyclic) bond motifs is 2. The summed E-state index contributed by atoms with van der Waals surface area (Å²) >= 11 is 12.1. The zero-order valence-electron chi connectivity index (χ0n) is 26.2. The Labute approximate surface area is 298 Å². The maximum atomic E-state index is 13.6. The molecule has 13 heteroatoms. The summed E-state index contributed by atoms with van der Waals surface area (Å²) in [5.74, 6) is 2.28. The highest BCUT2D eigenvalue weighted by Gasteiger charge is 2.25. The van der Waals surface area contributed by atoms with Crippen LogP contribution in [0.4, 0.5) is 5.69 Å². The standard InChI is InChI=1S/C35H31Cl2N5O5.BrH/c1-39(34(43)23-4-7-27(36)28(37)17-23)25-5-10-33(38-19-25)47-26-6-8-29-24(16-26)18-30(40(29)2)35(44)42-13-11-41(12-14-42)20-22-3-9-31-32(15-22)46-21-45-31;/h3-10,15-19H,11-14,20-21H2,1-2H3;1H. The number of aromatic nitrogens is 2. The molecular weight excluding hydrogens is 721 g/mol. The number of amides is 2. The molecule has 3 aromatic carbocycles. The monoisotopic (exact) mass is 751 g/mol. The first-order valence-corrected chi connectivity index (χ1v) is 15.9. The van der Waals surface area contributed by atoms with Crippen molar-refractivity contribution in [1.82, 2.24) is 19.4 Å². The number of hydrogen-bond donors (Lipinski definition) is 0. The summed E-state index contributed by atoms with van der Waals surface area (Å²) in [4.78, 5) is 36.7. The van der Waals surface area contributed by atoms with E-state index in [0.29, 0.717) is 51.7 Å². The lowest BCUT2D eigenvalue weighted by Gasteiger charge is -2.34. The van der Waals surface area contributed by atoms with Gasteiger partial charge in [-0.15, -0.1) is 17.0 Å². The number of benzene rings is 3. The van der Waals surface area contributed by atoms with Crippen molar-refractivity contribution in [3.8, 4) is 23.1 Å². The number of aryl methyl sites for hydroxylation is 1. The molecule has 248 valence electrons. The lowest BCUT2D eigenvalue weighted by atomic mass is 10.1. The number of rotatable bonds is 7. The Hall–Kier alpha value is -4.29. The van der Waals surface area contributed by atoms with E-state index in [4.69, 9.17) is 37.4 Å². The van der Waals surface area contributed by atoms with Crippen molar-refractivity contribution in [3.05, 3.63) is 106 Å². The zero-order chi connectivity index (χ0) is 32.7. The Morgan fingerprint density at radius 2 is 1.69 bits per heavy atom. The minimum absolute atomic E-state index is 0. The second-order valence-electron chi connectivity index (χ2n) is 11.5. The van der Waals surface area contributed by atoms with Crippen molar-refractivity contribution < 1.29 is 23.8 Å². The van der Waals surface area contributed by atoms with E-state index >= 15 is 0 Å². The van der Waals surface area contributed by atoms with Crippen LogP contribution in [0.3, 0.4) is 0 Å². The minimum atomic E-state index is -0.248. The van der Waals surface area contributed by atoms with Crippen LogP contribution in [0.15, 0.2) is 79.0 Å². The van der Waals surface area contributed by atoms with Gasteiger partial charge in [-0.25, -0.2) is 4.98 Å². The molecular formula is C35H32BrCl2N5O5. The smallest absolute Gasteiger partial charge is 0.270 e. The first-order chi connectivity index (χ1) is 22.7. The molecule has 1 fully saturated rings. The summed E-state index contributed by atoms with van der Waals surface area (Å²) in [5, 5.41) is 1.58. The van der Waals surface area contributed by atoms with Crippen LogP contribution in [-0.2, 0) is 13.6 Å². The molecule has 0 N–H and O–H groups in total. The molecule has 2 aromatic heterocycles. The van der Waals surface area contributed by atoms with Gasteiger partial charge < -0.3 is 28.6 Å². The molecule has 0 spiro atoms. The quantitative estimate of drug-likeness (QED) is 0.174. The molecule has 2 amide bonds. The summed E-state index contributed by atoms with van der Waals surface area (Å²) in [5.41, 5.74) is 3.71. The first-order valence-electron chi connectivity index (χ1n) is 15.1. The number of hydrogen-bond acceptors (Lipinski definition) is 7. The van der Waals surface area contributed by atoms with Crippen LogP contribution in [0.25, 0.3) is 10.9 Å². The second-order valence-corrected chi connectivity index (χ2v) is 12.3. The van der Waals surface area contributed by atoms with Gasteiger partial charge in [0.1, 0.15) is 11.4 Å². The predicted octanol–water partition coefficient (Wildman–Crippen LogP) is 7.21. The molecule has 1 saturated heterocycles. The molecule has 0 aliphatic carbocycles. The number of anilines is 1. The number of ether oxygens (including phenoxy) is 3.